The molecule has 0 radical (unpaired) electrons. The molecule has 0 saturated heterocycles. The van der Waals surface area contributed by atoms with E-state index in [1.54, 1.807) is 0 Å². The molecule has 0 fully saturated rings. The maximum Gasteiger partial charge on any atom is 0.416 e. The molecule has 3 aromatic rings. The molecule has 0 aliphatic heterocycles. The number of nitrogens with zero attached hydrogens (tertiary/aromatic N) is 5. The van der Waals surface area contributed by atoms with E-state index in [0.29, 0.717) is 5.65 Å². The summed E-state index contributed by atoms with van der Waals surface area (Å²) in [6.07, 6.45) is -4.44. The van der Waals surface area contributed by atoms with Crippen LogP contribution in [0.25, 0.3) is 5.65 Å². The Labute approximate surface area is 134 Å². The van der Waals surface area contributed by atoms with Gasteiger partial charge in [0.05, 0.1) is 11.3 Å². The highest BCUT2D eigenvalue weighted by atomic mass is 19.4. The summed E-state index contributed by atoms with van der Waals surface area (Å²) in [7, 11) is 0. The van der Waals surface area contributed by atoms with Crippen molar-refractivity contribution in [3.05, 3.63) is 47.3 Å². The third-order valence-corrected chi connectivity index (χ3v) is 3.34. The van der Waals surface area contributed by atoms with Crippen LogP contribution >= 0.6 is 0 Å². The third kappa shape index (κ3) is 2.92. The van der Waals surface area contributed by atoms with Crippen LogP contribution in [0.15, 0.2) is 40.6 Å². The summed E-state index contributed by atoms with van der Waals surface area (Å²) < 4.78 is 39.7. The Morgan fingerprint density at radius 3 is 2.58 bits per heavy atom. The summed E-state index contributed by atoms with van der Waals surface area (Å²) in [5, 5.41) is 11.9. The van der Waals surface area contributed by atoms with Crippen LogP contribution in [-0.2, 0) is 6.18 Å². The minimum Gasteiger partial charge on any atom is -0.380 e. The molecule has 0 saturated carbocycles. The molecule has 0 aliphatic carbocycles. The Hall–Kier alpha value is -2.97. The fraction of sp³-hybridized carbons (Fsp3) is 0.200. The van der Waals surface area contributed by atoms with Gasteiger partial charge in [0.2, 0.25) is 0 Å². The molecule has 2 aromatic heterocycles. The quantitative estimate of drug-likeness (QED) is 0.707. The normalized spacial score (nSPS) is 12.4. The van der Waals surface area contributed by atoms with Crippen LogP contribution in [-0.4, -0.2) is 14.6 Å². The average molecular weight is 334 g/mol. The predicted molar refractivity (Wildman–Crippen MR) is 82.5 cm³/mol. The van der Waals surface area contributed by atoms with Gasteiger partial charge < -0.3 is 5.73 Å². The fourth-order valence-corrected chi connectivity index (χ4v) is 2.27. The van der Waals surface area contributed by atoms with Crippen molar-refractivity contribution in [3.8, 4) is 0 Å². The van der Waals surface area contributed by atoms with E-state index in [1.807, 2.05) is 19.9 Å². The molecule has 0 aliphatic rings. The van der Waals surface area contributed by atoms with E-state index in [0.717, 1.165) is 23.5 Å². The minimum atomic E-state index is -4.44. The number of hydrogen-bond donors (Lipinski definition) is 1. The second-order valence-electron chi connectivity index (χ2n) is 5.26. The van der Waals surface area contributed by atoms with Gasteiger partial charge in [0, 0.05) is 11.4 Å². The van der Waals surface area contributed by atoms with Crippen molar-refractivity contribution < 1.29 is 13.2 Å². The molecule has 124 valence electrons. The lowest BCUT2D eigenvalue weighted by Crippen LogP contribution is -2.03. The molecule has 6 nitrogen and oxygen atoms in total. The number of fused-ring (bicyclic) bond motifs is 1. The van der Waals surface area contributed by atoms with Crippen molar-refractivity contribution in [3.63, 3.8) is 0 Å². The first-order valence-corrected chi connectivity index (χ1v) is 6.97. The molecule has 3 rings (SSSR count). The average Bonchev–Trinajstić information content (AvgIpc) is 2.81. The zero-order chi connectivity index (χ0) is 17.5. The first-order chi connectivity index (χ1) is 11.3. The Balaban J connectivity index is 2.04. The Kier molecular flexibility index (Phi) is 3.70. The number of aryl methyl sites for hydroxylation is 2. The van der Waals surface area contributed by atoms with Crippen molar-refractivity contribution in [2.75, 3.05) is 5.73 Å². The standard InChI is InChI=1S/C15H13F3N6/c1-8-6-9(2)24-14(20-8)12(13(19)23-24)22-21-11-5-3-4-10(7-11)15(16,17)18/h3-7H,1-2H3,(H2,19,23). The molecule has 0 amide bonds. The number of benzene rings is 1. The maximum atomic E-state index is 12.7. The van der Waals surface area contributed by atoms with Gasteiger partial charge in [0.25, 0.3) is 0 Å². The first-order valence-electron chi connectivity index (χ1n) is 6.97. The molecular formula is C15H13F3N6. The molecule has 1 aromatic carbocycles. The summed E-state index contributed by atoms with van der Waals surface area (Å²) in [5.74, 6) is 0.104. The maximum absolute atomic E-state index is 12.7. The molecule has 0 spiro atoms. The second kappa shape index (κ2) is 5.59. The van der Waals surface area contributed by atoms with Gasteiger partial charge in [-0.15, -0.1) is 10.2 Å². The fourth-order valence-electron chi connectivity index (χ4n) is 2.27. The Morgan fingerprint density at radius 2 is 1.88 bits per heavy atom. The molecule has 24 heavy (non-hydrogen) atoms. The third-order valence-electron chi connectivity index (χ3n) is 3.34. The molecular weight excluding hydrogens is 321 g/mol. The van der Waals surface area contributed by atoms with Crippen molar-refractivity contribution in [1.29, 1.82) is 0 Å². The summed E-state index contributed by atoms with van der Waals surface area (Å²) in [6, 6.07) is 6.40. The molecule has 2 N–H and O–H groups in total. The lowest BCUT2D eigenvalue weighted by atomic mass is 10.2. The number of alkyl halides is 3. The lowest BCUT2D eigenvalue weighted by Gasteiger charge is -2.05. The molecule has 9 heteroatoms. The van der Waals surface area contributed by atoms with Crippen molar-refractivity contribution in [1.82, 2.24) is 14.6 Å². The van der Waals surface area contributed by atoms with Gasteiger partial charge in [-0.1, -0.05) is 6.07 Å². The van der Waals surface area contributed by atoms with E-state index in [9.17, 15) is 13.2 Å². The van der Waals surface area contributed by atoms with Gasteiger partial charge in [0.1, 0.15) is 0 Å². The number of nitrogens with two attached hydrogens (primary N) is 1. The highest BCUT2D eigenvalue weighted by molar-refractivity contribution is 5.75. The topological polar surface area (TPSA) is 80.9 Å². The number of hydrogen-bond acceptors (Lipinski definition) is 5. The van der Waals surface area contributed by atoms with Crippen LogP contribution in [0, 0.1) is 13.8 Å². The monoisotopic (exact) mass is 334 g/mol. The van der Waals surface area contributed by atoms with E-state index < -0.39 is 11.7 Å². The van der Waals surface area contributed by atoms with E-state index in [1.165, 1.54) is 16.6 Å². The molecule has 0 atom stereocenters. The highest BCUT2D eigenvalue weighted by Crippen LogP contribution is 2.33. The van der Waals surface area contributed by atoms with Gasteiger partial charge >= 0.3 is 6.18 Å². The molecule has 0 bridgehead atoms. The Bertz CT molecular complexity index is 942. The summed E-state index contributed by atoms with van der Waals surface area (Å²) in [6.45, 7) is 3.64. The second-order valence-corrected chi connectivity index (χ2v) is 5.26. The van der Waals surface area contributed by atoms with Crippen LogP contribution in [0.1, 0.15) is 17.0 Å². The van der Waals surface area contributed by atoms with Gasteiger partial charge in [-0.05, 0) is 38.1 Å². The van der Waals surface area contributed by atoms with Gasteiger partial charge in [-0.2, -0.15) is 18.3 Å². The van der Waals surface area contributed by atoms with Crippen LogP contribution in [0.4, 0.5) is 30.4 Å². The summed E-state index contributed by atoms with van der Waals surface area (Å²) in [5.41, 5.74) is 7.28. The highest BCUT2D eigenvalue weighted by Gasteiger charge is 2.30. The Morgan fingerprint density at radius 1 is 1.12 bits per heavy atom. The number of nitrogen functional groups attached to an aromatic ring is 1. The summed E-state index contributed by atoms with van der Waals surface area (Å²) in [4.78, 5) is 4.31. The zero-order valence-electron chi connectivity index (χ0n) is 12.8. The van der Waals surface area contributed by atoms with Crippen LogP contribution in [0.3, 0.4) is 0 Å². The number of halogens is 3. The summed E-state index contributed by atoms with van der Waals surface area (Å²) >= 11 is 0. The minimum absolute atomic E-state index is 0.0629. The zero-order valence-corrected chi connectivity index (χ0v) is 12.8. The van der Waals surface area contributed by atoms with Gasteiger partial charge in [-0.25, -0.2) is 9.50 Å². The number of rotatable bonds is 2. The SMILES string of the molecule is Cc1cc(C)n2nc(N)c(N=Nc3cccc(C(F)(F)F)c3)c2n1. The van der Waals surface area contributed by atoms with Crippen LogP contribution in [0.5, 0.6) is 0 Å². The van der Waals surface area contributed by atoms with Crippen LogP contribution in [0.2, 0.25) is 0 Å². The number of anilines is 1. The predicted octanol–water partition coefficient (Wildman–Crippen LogP) is 4.36. The largest absolute Gasteiger partial charge is 0.416 e. The van der Waals surface area contributed by atoms with Gasteiger partial charge in [-0.3, -0.25) is 0 Å². The van der Waals surface area contributed by atoms with E-state index in [-0.39, 0.29) is 17.2 Å². The number of aromatic nitrogens is 3. The molecule has 2 heterocycles. The van der Waals surface area contributed by atoms with E-state index in [4.69, 9.17) is 5.73 Å². The number of azo groups is 1. The smallest absolute Gasteiger partial charge is 0.380 e. The first kappa shape index (κ1) is 15.9. The van der Waals surface area contributed by atoms with Crippen molar-refractivity contribution in [2.45, 2.75) is 20.0 Å². The van der Waals surface area contributed by atoms with Gasteiger partial charge in [0.15, 0.2) is 17.2 Å². The van der Waals surface area contributed by atoms with Crippen molar-refractivity contribution in [2.24, 2.45) is 10.2 Å². The molecule has 0 unspecified atom stereocenters. The van der Waals surface area contributed by atoms with E-state index in [2.05, 4.69) is 20.3 Å². The lowest BCUT2D eigenvalue weighted by molar-refractivity contribution is -0.137. The van der Waals surface area contributed by atoms with Crippen molar-refractivity contribution >= 4 is 22.8 Å². The van der Waals surface area contributed by atoms with Crippen LogP contribution < -0.4 is 5.73 Å². The van der Waals surface area contributed by atoms with E-state index >= 15 is 0 Å².